The van der Waals surface area contributed by atoms with E-state index in [4.69, 9.17) is 5.11 Å². The maximum Gasteiger partial charge on any atom is 0.326 e. The highest BCUT2D eigenvalue weighted by atomic mass is 16.4. The number of carbonyl (C=O) groups is 3. The first-order valence-corrected chi connectivity index (χ1v) is 5.98. The lowest BCUT2D eigenvalue weighted by Gasteiger charge is -2.22. The molecule has 2 N–H and O–H groups in total. The van der Waals surface area contributed by atoms with Gasteiger partial charge in [0.25, 0.3) is 0 Å². The van der Waals surface area contributed by atoms with Crippen LogP contribution in [0.1, 0.15) is 19.8 Å². The Hall–Kier alpha value is -1.79. The molecule has 0 saturated carbocycles. The van der Waals surface area contributed by atoms with E-state index in [1.807, 2.05) is 6.92 Å². The quantitative estimate of drug-likeness (QED) is 0.725. The Balaban J connectivity index is 2.46. The number of aliphatic carboxylic acids is 1. The molecule has 18 heavy (non-hydrogen) atoms. The zero-order valence-electron chi connectivity index (χ0n) is 10.7. The third kappa shape index (κ3) is 3.35. The lowest BCUT2D eigenvalue weighted by molar-refractivity contribution is -0.141. The van der Waals surface area contributed by atoms with E-state index >= 15 is 0 Å². The molecule has 0 aromatic rings. The summed E-state index contributed by atoms with van der Waals surface area (Å²) < 4.78 is 0. The van der Waals surface area contributed by atoms with Crippen molar-refractivity contribution in [2.24, 2.45) is 0 Å². The predicted octanol–water partition coefficient (Wildman–Crippen LogP) is -0.277. The molecule has 1 heterocycles. The highest BCUT2D eigenvalue weighted by Gasteiger charge is 2.33. The number of carbonyl (C=O) groups excluding carboxylic acids is 2. The van der Waals surface area contributed by atoms with Gasteiger partial charge in [-0.2, -0.15) is 0 Å². The molecule has 0 aromatic heterocycles. The van der Waals surface area contributed by atoms with E-state index < -0.39 is 18.0 Å². The number of likely N-dealkylation sites (N-methyl/N-ethyl adjacent to an activating group) is 1. The van der Waals surface area contributed by atoms with Crippen molar-refractivity contribution >= 4 is 17.9 Å². The van der Waals surface area contributed by atoms with Gasteiger partial charge in [-0.05, 0) is 19.8 Å². The average molecular weight is 257 g/mol. The standard InChI is InChI=1S/C11H19N3O4/c1-3-13(2)9(15)7-12-11(18)14-6-4-5-8(14)10(16)17/h8H,3-7H2,1-2H3,(H,12,18)(H,16,17). The van der Waals surface area contributed by atoms with Crippen LogP contribution in [0.3, 0.4) is 0 Å². The number of carboxylic acids is 1. The smallest absolute Gasteiger partial charge is 0.326 e. The number of likely N-dealkylation sites (tertiary alicyclic amines) is 1. The molecule has 102 valence electrons. The van der Waals surface area contributed by atoms with Gasteiger partial charge in [0.05, 0.1) is 6.54 Å². The van der Waals surface area contributed by atoms with Crippen molar-refractivity contribution in [1.29, 1.82) is 0 Å². The zero-order valence-corrected chi connectivity index (χ0v) is 10.7. The van der Waals surface area contributed by atoms with Gasteiger partial charge in [0.15, 0.2) is 0 Å². The van der Waals surface area contributed by atoms with Crippen LogP contribution < -0.4 is 5.32 Å². The van der Waals surface area contributed by atoms with Crippen LogP contribution in [-0.4, -0.2) is 65.5 Å². The number of nitrogens with zero attached hydrogens (tertiary/aromatic N) is 2. The molecule has 1 fully saturated rings. The summed E-state index contributed by atoms with van der Waals surface area (Å²) in [5.41, 5.74) is 0. The number of rotatable bonds is 4. The summed E-state index contributed by atoms with van der Waals surface area (Å²) in [6, 6.07) is -1.26. The maximum absolute atomic E-state index is 11.8. The van der Waals surface area contributed by atoms with Crippen LogP contribution in [0.15, 0.2) is 0 Å². The summed E-state index contributed by atoms with van der Waals surface area (Å²) in [4.78, 5) is 36.9. The molecule has 1 atom stereocenters. The molecule has 1 aliphatic rings. The Labute approximate surface area is 106 Å². The molecule has 7 nitrogen and oxygen atoms in total. The summed E-state index contributed by atoms with van der Waals surface area (Å²) in [6.45, 7) is 2.71. The molecule has 3 amide bonds. The van der Waals surface area contributed by atoms with Gasteiger partial charge in [-0.1, -0.05) is 0 Å². The monoisotopic (exact) mass is 257 g/mol. The van der Waals surface area contributed by atoms with Crippen molar-refractivity contribution in [3.8, 4) is 0 Å². The molecule has 1 unspecified atom stereocenters. The van der Waals surface area contributed by atoms with Crippen LogP contribution >= 0.6 is 0 Å². The molecular formula is C11H19N3O4. The molecule has 0 aromatic carbocycles. The van der Waals surface area contributed by atoms with E-state index in [9.17, 15) is 14.4 Å². The van der Waals surface area contributed by atoms with Gasteiger partial charge < -0.3 is 20.2 Å². The van der Waals surface area contributed by atoms with E-state index in [1.54, 1.807) is 7.05 Å². The van der Waals surface area contributed by atoms with Gasteiger partial charge in [-0.15, -0.1) is 0 Å². The molecule has 1 aliphatic heterocycles. The summed E-state index contributed by atoms with van der Waals surface area (Å²) >= 11 is 0. The molecule has 0 bridgehead atoms. The second-order valence-electron chi connectivity index (χ2n) is 4.26. The summed E-state index contributed by atoms with van der Waals surface area (Å²) in [5, 5.41) is 11.4. The molecule has 0 spiro atoms. The van der Waals surface area contributed by atoms with Crippen molar-refractivity contribution in [2.75, 3.05) is 26.7 Å². The van der Waals surface area contributed by atoms with Crippen LogP contribution in [-0.2, 0) is 9.59 Å². The number of carboxylic acid groups (broad SMARTS) is 1. The number of nitrogens with one attached hydrogen (secondary N) is 1. The third-order valence-electron chi connectivity index (χ3n) is 3.09. The lowest BCUT2D eigenvalue weighted by Crippen LogP contribution is -2.48. The Morgan fingerprint density at radius 2 is 2.11 bits per heavy atom. The van der Waals surface area contributed by atoms with Crippen molar-refractivity contribution in [3.63, 3.8) is 0 Å². The largest absolute Gasteiger partial charge is 0.480 e. The van der Waals surface area contributed by atoms with Crippen LogP contribution in [0.5, 0.6) is 0 Å². The van der Waals surface area contributed by atoms with E-state index in [0.717, 1.165) is 0 Å². The Bertz CT molecular complexity index is 345. The Morgan fingerprint density at radius 3 is 2.67 bits per heavy atom. The molecule has 1 rings (SSSR count). The second-order valence-corrected chi connectivity index (χ2v) is 4.26. The first kappa shape index (κ1) is 14.3. The minimum Gasteiger partial charge on any atom is -0.480 e. The lowest BCUT2D eigenvalue weighted by atomic mass is 10.2. The van der Waals surface area contributed by atoms with Crippen LogP contribution in [0.4, 0.5) is 4.79 Å². The fraction of sp³-hybridized carbons (Fsp3) is 0.727. The fourth-order valence-electron chi connectivity index (χ4n) is 1.83. The van der Waals surface area contributed by atoms with Gasteiger partial charge >= 0.3 is 12.0 Å². The van der Waals surface area contributed by atoms with Gasteiger partial charge in [0.2, 0.25) is 5.91 Å². The summed E-state index contributed by atoms with van der Waals surface area (Å²) in [5.74, 6) is -1.20. The average Bonchev–Trinajstić information content (AvgIpc) is 2.83. The Morgan fingerprint density at radius 1 is 1.44 bits per heavy atom. The second kappa shape index (κ2) is 6.23. The fourth-order valence-corrected chi connectivity index (χ4v) is 1.83. The number of hydrogen-bond donors (Lipinski definition) is 2. The van der Waals surface area contributed by atoms with Gasteiger partial charge in [0, 0.05) is 20.1 Å². The molecular weight excluding hydrogens is 238 g/mol. The SMILES string of the molecule is CCN(C)C(=O)CNC(=O)N1CCCC1C(=O)O. The highest BCUT2D eigenvalue weighted by Crippen LogP contribution is 2.17. The van der Waals surface area contributed by atoms with Crippen molar-refractivity contribution in [2.45, 2.75) is 25.8 Å². The van der Waals surface area contributed by atoms with Crippen LogP contribution in [0.2, 0.25) is 0 Å². The third-order valence-corrected chi connectivity index (χ3v) is 3.09. The number of amides is 3. The molecule has 7 heteroatoms. The highest BCUT2D eigenvalue weighted by molar-refractivity contribution is 5.87. The molecule has 0 aliphatic carbocycles. The van der Waals surface area contributed by atoms with Gasteiger partial charge in [-0.3, -0.25) is 4.79 Å². The van der Waals surface area contributed by atoms with Gasteiger partial charge in [0.1, 0.15) is 6.04 Å². The maximum atomic E-state index is 11.8. The van der Waals surface area contributed by atoms with E-state index in [0.29, 0.717) is 25.9 Å². The summed E-state index contributed by atoms with van der Waals surface area (Å²) in [6.07, 6.45) is 1.14. The van der Waals surface area contributed by atoms with Crippen LogP contribution in [0, 0.1) is 0 Å². The normalized spacial score (nSPS) is 18.6. The predicted molar refractivity (Wildman–Crippen MR) is 64.1 cm³/mol. The first-order chi connectivity index (χ1) is 8.47. The first-order valence-electron chi connectivity index (χ1n) is 5.98. The molecule has 0 radical (unpaired) electrons. The van der Waals surface area contributed by atoms with Crippen molar-refractivity contribution in [1.82, 2.24) is 15.1 Å². The van der Waals surface area contributed by atoms with E-state index in [2.05, 4.69) is 5.32 Å². The van der Waals surface area contributed by atoms with Crippen molar-refractivity contribution in [3.05, 3.63) is 0 Å². The van der Waals surface area contributed by atoms with Crippen molar-refractivity contribution < 1.29 is 19.5 Å². The minimum atomic E-state index is -1.00. The number of urea groups is 1. The number of hydrogen-bond acceptors (Lipinski definition) is 3. The van der Waals surface area contributed by atoms with Gasteiger partial charge in [-0.25, -0.2) is 9.59 Å². The minimum absolute atomic E-state index is 0.105. The zero-order chi connectivity index (χ0) is 13.7. The van der Waals surface area contributed by atoms with Crippen LogP contribution in [0.25, 0.3) is 0 Å². The van der Waals surface area contributed by atoms with E-state index in [1.165, 1.54) is 9.80 Å². The topological polar surface area (TPSA) is 90.0 Å². The van der Waals surface area contributed by atoms with E-state index in [-0.39, 0.29) is 12.5 Å². The Kier molecular flexibility index (Phi) is 4.94. The molecule has 1 saturated heterocycles. The summed E-state index contributed by atoms with van der Waals surface area (Å²) in [7, 11) is 1.64.